The van der Waals surface area contributed by atoms with E-state index < -0.39 is 0 Å². The molecule has 3 atom stereocenters. The molecular formula is C16H20N2O2. The predicted octanol–water partition coefficient (Wildman–Crippen LogP) is 3.02. The molecule has 1 aromatic rings. The molecule has 2 aliphatic rings. The summed E-state index contributed by atoms with van der Waals surface area (Å²) < 4.78 is 0. The van der Waals surface area contributed by atoms with Crippen LogP contribution in [0.15, 0.2) is 24.3 Å². The van der Waals surface area contributed by atoms with Gasteiger partial charge in [0, 0.05) is 24.2 Å². The number of amides is 2. The van der Waals surface area contributed by atoms with Gasteiger partial charge in [0.1, 0.15) is 0 Å². The minimum atomic E-state index is -0.0937. The Kier molecular flexibility index (Phi) is 3.47. The van der Waals surface area contributed by atoms with Crippen LogP contribution in [0, 0.1) is 17.8 Å². The Morgan fingerprint density at radius 1 is 1.00 bits per heavy atom. The van der Waals surface area contributed by atoms with Crippen LogP contribution < -0.4 is 10.6 Å². The molecule has 106 valence electrons. The first-order valence-corrected chi connectivity index (χ1v) is 7.30. The van der Waals surface area contributed by atoms with E-state index in [0.29, 0.717) is 5.92 Å². The van der Waals surface area contributed by atoms with Gasteiger partial charge in [0.15, 0.2) is 0 Å². The maximum atomic E-state index is 12.3. The van der Waals surface area contributed by atoms with Gasteiger partial charge in [0.25, 0.3) is 0 Å². The molecule has 4 nitrogen and oxygen atoms in total. The molecule has 2 aliphatic carbocycles. The summed E-state index contributed by atoms with van der Waals surface area (Å²) in [5, 5.41) is 5.71. The number of hydrogen-bond donors (Lipinski definition) is 2. The van der Waals surface area contributed by atoms with E-state index in [1.165, 1.54) is 26.2 Å². The molecule has 2 saturated carbocycles. The summed E-state index contributed by atoms with van der Waals surface area (Å²) in [6, 6.07) is 7.27. The van der Waals surface area contributed by atoms with Crippen molar-refractivity contribution in [2.24, 2.45) is 17.8 Å². The molecule has 0 saturated heterocycles. The van der Waals surface area contributed by atoms with Crippen LogP contribution in [0.1, 0.15) is 32.6 Å². The van der Waals surface area contributed by atoms with Crippen molar-refractivity contribution in [2.45, 2.75) is 32.6 Å². The van der Waals surface area contributed by atoms with Crippen LogP contribution in [0.25, 0.3) is 0 Å². The second kappa shape index (κ2) is 5.27. The van der Waals surface area contributed by atoms with Gasteiger partial charge in [-0.1, -0.05) is 6.42 Å². The fourth-order valence-electron chi connectivity index (χ4n) is 3.64. The zero-order valence-corrected chi connectivity index (χ0v) is 11.7. The second-order valence-electron chi connectivity index (χ2n) is 6.03. The maximum Gasteiger partial charge on any atom is 0.227 e. The van der Waals surface area contributed by atoms with Gasteiger partial charge in [0.2, 0.25) is 11.8 Å². The quantitative estimate of drug-likeness (QED) is 0.888. The van der Waals surface area contributed by atoms with Crippen molar-refractivity contribution in [2.75, 3.05) is 10.6 Å². The molecule has 0 heterocycles. The van der Waals surface area contributed by atoms with Crippen LogP contribution in [0.2, 0.25) is 0 Å². The Morgan fingerprint density at radius 2 is 1.65 bits per heavy atom. The van der Waals surface area contributed by atoms with Crippen molar-refractivity contribution >= 4 is 23.2 Å². The van der Waals surface area contributed by atoms with E-state index in [9.17, 15) is 9.59 Å². The van der Waals surface area contributed by atoms with E-state index in [1.54, 1.807) is 12.1 Å². The third-order valence-electron chi connectivity index (χ3n) is 4.55. The van der Waals surface area contributed by atoms with Gasteiger partial charge in [-0.05, 0) is 55.4 Å². The topological polar surface area (TPSA) is 58.2 Å². The monoisotopic (exact) mass is 272 g/mol. The second-order valence-corrected chi connectivity index (χ2v) is 6.03. The van der Waals surface area contributed by atoms with Crippen molar-refractivity contribution in [1.82, 2.24) is 0 Å². The number of fused-ring (bicyclic) bond motifs is 2. The van der Waals surface area contributed by atoms with E-state index in [0.717, 1.165) is 23.7 Å². The molecule has 0 spiro atoms. The average Bonchev–Trinajstić information content (AvgIpc) is 3.03. The highest BCUT2D eigenvalue weighted by atomic mass is 16.2. The molecule has 2 N–H and O–H groups in total. The molecule has 0 aliphatic heterocycles. The van der Waals surface area contributed by atoms with E-state index in [-0.39, 0.29) is 17.7 Å². The number of benzene rings is 1. The zero-order chi connectivity index (χ0) is 14.1. The Morgan fingerprint density at radius 3 is 2.15 bits per heavy atom. The molecule has 3 rings (SSSR count). The van der Waals surface area contributed by atoms with Crippen LogP contribution in [0.3, 0.4) is 0 Å². The lowest BCUT2D eigenvalue weighted by Crippen LogP contribution is -2.27. The van der Waals surface area contributed by atoms with Gasteiger partial charge in [-0.3, -0.25) is 9.59 Å². The van der Waals surface area contributed by atoms with Gasteiger partial charge in [-0.2, -0.15) is 0 Å². The van der Waals surface area contributed by atoms with Crippen LogP contribution >= 0.6 is 0 Å². The largest absolute Gasteiger partial charge is 0.326 e. The lowest BCUT2D eigenvalue weighted by atomic mass is 9.88. The normalized spacial score (nSPS) is 27.4. The summed E-state index contributed by atoms with van der Waals surface area (Å²) in [6.07, 6.45) is 4.81. The van der Waals surface area contributed by atoms with Gasteiger partial charge in [-0.25, -0.2) is 0 Å². The van der Waals surface area contributed by atoms with Crippen LogP contribution in [0.5, 0.6) is 0 Å². The van der Waals surface area contributed by atoms with Crippen LogP contribution in [0.4, 0.5) is 11.4 Å². The van der Waals surface area contributed by atoms with Crippen molar-refractivity contribution < 1.29 is 9.59 Å². The Balaban J connectivity index is 1.60. The first kappa shape index (κ1) is 13.2. The summed E-state index contributed by atoms with van der Waals surface area (Å²) in [6.45, 7) is 1.48. The predicted molar refractivity (Wildman–Crippen MR) is 78.3 cm³/mol. The minimum Gasteiger partial charge on any atom is -0.326 e. The number of carbonyl (C=O) groups excluding carboxylic acids is 2. The van der Waals surface area contributed by atoms with Crippen molar-refractivity contribution in [3.8, 4) is 0 Å². The lowest BCUT2D eigenvalue weighted by molar-refractivity contribution is -0.121. The first-order valence-electron chi connectivity index (χ1n) is 7.30. The van der Waals surface area contributed by atoms with Gasteiger partial charge in [-0.15, -0.1) is 0 Å². The molecular weight excluding hydrogens is 252 g/mol. The Bertz CT molecular complexity index is 524. The SMILES string of the molecule is CC(=O)Nc1ccc(NC(=O)[C@@H]2C[C@H]3CC[C@H]2C3)cc1. The standard InChI is InChI=1S/C16H20N2O2/c1-10(19)17-13-4-6-14(7-5-13)18-16(20)15-9-11-2-3-12(15)8-11/h4-7,11-12,15H,2-3,8-9H2,1H3,(H,17,19)(H,18,20)/t11-,12-,15+/m0/s1. The lowest BCUT2D eigenvalue weighted by Gasteiger charge is -2.20. The Hall–Kier alpha value is -1.84. The minimum absolute atomic E-state index is 0.0937. The zero-order valence-electron chi connectivity index (χ0n) is 11.7. The van der Waals surface area contributed by atoms with Gasteiger partial charge < -0.3 is 10.6 Å². The molecule has 0 aromatic heterocycles. The Labute approximate surface area is 118 Å². The molecule has 20 heavy (non-hydrogen) atoms. The van der Waals surface area contributed by atoms with Crippen LogP contribution in [-0.4, -0.2) is 11.8 Å². The summed E-state index contributed by atoms with van der Waals surface area (Å²) in [5.74, 6) is 1.63. The van der Waals surface area contributed by atoms with E-state index in [2.05, 4.69) is 10.6 Å². The van der Waals surface area contributed by atoms with E-state index >= 15 is 0 Å². The molecule has 1 aromatic carbocycles. The van der Waals surface area contributed by atoms with E-state index in [1.807, 2.05) is 12.1 Å². The highest BCUT2D eigenvalue weighted by molar-refractivity contribution is 5.94. The summed E-state index contributed by atoms with van der Waals surface area (Å²) in [4.78, 5) is 23.2. The molecule has 2 amide bonds. The molecule has 0 unspecified atom stereocenters. The summed E-state index contributed by atoms with van der Waals surface area (Å²) >= 11 is 0. The van der Waals surface area contributed by atoms with Crippen molar-refractivity contribution in [3.63, 3.8) is 0 Å². The third kappa shape index (κ3) is 2.69. The number of rotatable bonds is 3. The number of nitrogens with one attached hydrogen (secondary N) is 2. The molecule has 4 heteroatoms. The number of hydrogen-bond acceptors (Lipinski definition) is 2. The highest BCUT2D eigenvalue weighted by Gasteiger charge is 2.42. The molecule has 2 bridgehead atoms. The van der Waals surface area contributed by atoms with Crippen LogP contribution in [-0.2, 0) is 9.59 Å². The smallest absolute Gasteiger partial charge is 0.227 e. The fraction of sp³-hybridized carbons (Fsp3) is 0.500. The van der Waals surface area contributed by atoms with E-state index in [4.69, 9.17) is 0 Å². The van der Waals surface area contributed by atoms with Crippen molar-refractivity contribution in [1.29, 1.82) is 0 Å². The number of anilines is 2. The average molecular weight is 272 g/mol. The van der Waals surface area contributed by atoms with Crippen molar-refractivity contribution in [3.05, 3.63) is 24.3 Å². The number of carbonyl (C=O) groups is 2. The summed E-state index contributed by atoms with van der Waals surface area (Å²) in [7, 11) is 0. The third-order valence-corrected chi connectivity index (χ3v) is 4.55. The summed E-state index contributed by atoms with van der Waals surface area (Å²) in [5.41, 5.74) is 1.54. The highest BCUT2D eigenvalue weighted by Crippen LogP contribution is 2.48. The van der Waals surface area contributed by atoms with Gasteiger partial charge >= 0.3 is 0 Å². The molecule has 0 radical (unpaired) electrons. The maximum absolute atomic E-state index is 12.3. The molecule has 2 fully saturated rings. The van der Waals surface area contributed by atoms with Gasteiger partial charge in [0.05, 0.1) is 0 Å². The first-order chi connectivity index (χ1) is 9.61. The fourth-order valence-corrected chi connectivity index (χ4v) is 3.64.